The van der Waals surface area contributed by atoms with Crippen molar-refractivity contribution in [3.05, 3.63) is 99.8 Å². The largest absolute Gasteiger partial charge is 0.461 e. The van der Waals surface area contributed by atoms with Crippen molar-refractivity contribution in [2.45, 2.75) is 18.7 Å². The molecule has 0 N–H and O–H groups in total. The van der Waals surface area contributed by atoms with E-state index < -0.39 is 6.23 Å². The van der Waals surface area contributed by atoms with Crippen molar-refractivity contribution >= 4 is 27.4 Å². The van der Waals surface area contributed by atoms with E-state index in [1.165, 1.54) is 24.3 Å². The first-order valence-corrected chi connectivity index (χ1v) is 10.1. The SMILES string of the molecule is O=C(c1ccc(F)cc1)[C@@H]1Oc2ccc(Br)cc2[C@H]2CC(c3ccccc3)=NN21. The van der Waals surface area contributed by atoms with E-state index in [9.17, 15) is 9.18 Å². The third-order valence-electron chi connectivity index (χ3n) is 5.21. The van der Waals surface area contributed by atoms with Crippen LogP contribution in [0, 0.1) is 5.82 Å². The summed E-state index contributed by atoms with van der Waals surface area (Å²) in [7, 11) is 0. The molecular weight excluding hydrogens is 435 g/mol. The van der Waals surface area contributed by atoms with Crippen molar-refractivity contribution in [2.24, 2.45) is 5.10 Å². The topological polar surface area (TPSA) is 41.9 Å². The smallest absolute Gasteiger partial charge is 0.251 e. The van der Waals surface area contributed by atoms with Gasteiger partial charge in [0.2, 0.25) is 5.78 Å². The summed E-state index contributed by atoms with van der Waals surface area (Å²) in [4.78, 5) is 13.2. The number of halogens is 2. The quantitative estimate of drug-likeness (QED) is 0.505. The van der Waals surface area contributed by atoms with Crippen molar-refractivity contribution in [3.8, 4) is 5.75 Å². The molecule has 0 amide bonds. The van der Waals surface area contributed by atoms with Gasteiger partial charge in [-0.1, -0.05) is 46.3 Å². The van der Waals surface area contributed by atoms with Gasteiger partial charge in [-0.25, -0.2) is 9.40 Å². The van der Waals surface area contributed by atoms with Crippen molar-refractivity contribution in [1.82, 2.24) is 5.01 Å². The maximum atomic E-state index is 13.3. The Morgan fingerprint density at radius 3 is 2.59 bits per heavy atom. The molecule has 4 nitrogen and oxygen atoms in total. The summed E-state index contributed by atoms with van der Waals surface area (Å²) < 4.78 is 20.3. The number of ketones is 1. The van der Waals surface area contributed by atoms with Gasteiger partial charge >= 0.3 is 0 Å². The molecule has 6 heteroatoms. The van der Waals surface area contributed by atoms with Crippen molar-refractivity contribution < 1.29 is 13.9 Å². The lowest BCUT2D eigenvalue weighted by Gasteiger charge is -2.37. The molecule has 3 aromatic rings. The van der Waals surface area contributed by atoms with Crippen LogP contribution in [0.1, 0.15) is 33.9 Å². The molecule has 2 atom stereocenters. The van der Waals surface area contributed by atoms with Gasteiger partial charge in [-0.2, -0.15) is 5.10 Å². The van der Waals surface area contributed by atoms with Crippen molar-refractivity contribution in [3.63, 3.8) is 0 Å². The Balaban J connectivity index is 1.57. The Hall–Kier alpha value is -2.99. The van der Waals surface area contributed by atoms with Crippen LogP contribution < -0.4 is 4.74 Å². The highest BCUT2D eigenvalue weighted by Gasteiger charge is 2.43. The summed E-state index contributed by atoms with van der Waals surface area (Å²) in [6.07, 6.45) is -0.232. The fourth-order valence-electron chi connectivity index (χ4n) is 3.79. The van der Waals surface area contributed by atoms with Crippen LogP contribution >= 0.6 is 15.9 Å². The molecule has 29 heavy (non-hydrogen) atoms. The summed E-state index contributed by atoms with van der Waals surface area (Å²) in [6, 6.07) is 21.1. The van der Waals surface area contributed by atoms with Crippen LogP contribution in [0.25, 0.3) is 0 Å². The Bertz CT molecular complexity index is 1120. The minimum atomic E-state index is -0.902. The van der Waals surface area contributed by atoms with E-state index in [4.69, 9.17) is 9.84 Å². The summed E-state index contributed by atoms with van der Waals surface area (Å²) in [6.45, 7) is 0. The number of fused-ring (bicyclic) bond motifs is 3. The monoisotopic (exact) mass is 450 g/mol. The van der Waals surface area contributed by atoms with Gasteiger partial charge < -0.3 is 4.74 Å². The van der Waals surface area contributed by atoms with Crippen LogP contribution in [0.15, 0.2) is 82.4 Å². The molecule has 0 unspecified atom stereocenters. The first-order valence-electron chi connectivity index (χ1n) is 9.27. The number of rotatable bonds is 3. The molecule has 3 aromatic carbocycles. The minimum absolute atomic E-state index is 0.110. The number of ether oxygens (including phenoxy) is 1. The molecule has 0 aromatic heterocycles. The van der Waals surface area contributed by atoms with Gasteiger partial charge in [-0.05, 0) is 48.0 Å². The molecule has 0 radical (unpaired) electrons. The van der Waals surface area contributed by atoms with E-state index in [0.717, 1.165) is 21.3 Å². The van der Waals surface area contributed by atoms with E-state index in [0.29, 0.717) is 17.7 Å². The fourth-order valence-corrected chi connectivity index (χ4v) is 4.17. The lowest BCUT2D eigenvalue weighted by atomic mass is 9.96. The first kappa shape index (κ1) is 18.1. The van der Waals surface area contributed by atoms with Crippen molar-refractivity contribution in [1.29, 1.82) is 0 Å². The predicted octanol–water partition coefficient (Wildman–Crippen LogP) is 5.34. The van der Waals surface area contributed by atoms with Crippen LogP contribution in [0.2, 0.25) is 0 Å². The maximum absolute atomic E-state index is 13.3. The number of hydrazone groups is 1. The Labute approximate surface area is 175 Å². The number of Topliss-reactive ketones (excluding diaryl/α,β-unsaturated/α-hetero) is 1. The number of carbonyl (C=O) groups excluding carboxylic acids is 1. The van der Waals surface area contributed by atoms with Crippen molar-refractivity contribution in [2.75, 3.05) is 0 Å². The second-order valence-corrected chi connectivity index (χ2v) is 7.95. The standard InChI is InChI=1S/C23H16BrFN2O2/c24-16-8-11-21-18(12-16)20-13-19(14-4-2-1-3-5-14)26-27(20)23(29-21)22(28)15-6-9-17(25)10-7-15/h1-12,20,23H,13H2/t20-,23+/m1/s1. The average molecular weight is 451 g/mol. The molecule has 5 rings (SSSR count). The Kier molecular flexibility index (Phi) is 4.43. The molecule has 2 aliphatic heterocycles. The summed E-state index contributed by atoms with van der Waals surface area (Å²) in [5, 5.41) is 6.51. The zero-order valence-corrected chi connectivity index (χ0v) is 16.8. The average Bonchev–Trinajstić information content (AvgIpc) is 3.20. The van der Waals surface area contributed by atoms with Crippen LogP contribution in [0.5, 0.6) is 5.75 Å². The number of nitrogens with zero attached hydrogens (tertiary/aromatic N) is 2. The number of benzene rings is 3. The van der Waals surface area contributed by atoms with Crippen LogP contribution in [-0.4, -0.2) is 22.7 Å². The van der Waals surface area contributed by atoms with E-state index in [2.05, 4.69) is 15.9 Å². The molecule has 144 valence electrons. The van der Waals surface area contributed by atoms with Gasteiger partial charge in [0.15, 0.2) is 0 Å². The lowest BCUT2D eigenvalue weighted by Crippen LogP contribution is -2.45. The van der Waals surface area contributed by atoms with Gasteiger partial charge in [0, 0.05) is 22.0 Å². The molecule has 0 bridgehead atoms. The number of carbonyl (C=O) groups is 1. The van der Waals surface area contributed by atoms with Crippen LogP contribution in [-0.2, 0) is 0 Å². The molecule has 0 aliphatic carbocycles. The highest BCUT2D eigenvalue weighted by atomic mass is 79.9. The molecule has 0 spiro atoms. The zero-order chi connectivity index (χ0) is 20.0. The third kappa shape index (κ3) is 3.23. The van der Waals surface area contributed by atoms with Gasteiger partial charge in [0.25, 0.3) is 6.23 Å². The van der Waals surface area contributed by atoms with E-state index >= 15 is 0 Å². The Morgan fingerprint density at radius 1 is 1.07 bits per heavy atom. The molecule has 0 saturated carbocycles. The zero-order valence-electron chi connectivity index (χ0n) is 15.3. The summed E-state index contributed by atoms with van der Waals surface area (Å²) >= 11 is 3.52. The van der Waals surface area contributed by atoms with Gasteiger partial charge in [-0.3, -0.25) is 4.79 Å². The normalized spacial score (nSPS) is 19.8. The molecule has 2 aliphatic rings. The minimum Gasteiger partial charge on any atom is -0.461 e. The highest BCUT2D eigenvalue weighted by molar-refractivity contribution is 9.10. The summed E-state index contributed by atoms with van der Waals surface area (Å²) in [5.74, 6) is 0.0331. The van der Waals surface area contributed by atoms with Crippen LogP contribution in [0.4, 0.5) is 4.39 Å². The van der Waals surface area contributed by atoms with E-state index in [-0.39, 0.29) is 17.6 Å². The predicted molar refractivity (Wildman–Crippen MR) is 111 cm³/mol. The summed E-state index contributed by atoms with van der Waals surface area (Å²) in [5.41, 5.74) is 3.30. The second-order valence-electron chi connectivity index (χ2n) is 7.04. The maximum Gasteiger partial charge on any atom is 0.251 e. The Morgan fingerprint density at radius 2 is 1.83 bits per heavy atom. The van der Waals surface area contributed by atoms with Gasteiger partial charge in [-0.15, -0.1) is 0 Å². The van der Waals surface area contributed by atoms with Crippen LogP contribution in [0.3, 0.4) is 0 Å². The molecule has 0 saturated heterocycles. The fraction of sp³-hybridized carbons (Fsp3) is 0.130. The molecular formula is C23H16BrFN2O2. The molecule has 0 fully saturated rings. The number of hydrogen-bond acceptors (Lipinski definition) is 4. The van der Waals surface area contributed by atoms with Gasteiger partial charge in [0.05, 0.1) is 11.8 Å². The van der Waals surface area contributed by atoms with E-state index in [1.807, 2.05) is 48.5 Å². The number of hydrogen-bond donors (Lipinski definition) is 0. The highest BCUT2D eigenvalue weighted by Crippen LogP contribution is 2.44. The lowest BCUT2D eigenvalue weighted by molar-refractivity contribution is -0.00459. The third-order valence-corrected chi connectivity index (χ3v) is 5.71. The molecule has 2 heterocycles. The van der Waals surface area contributed by atoms with E-state index in [1.54, 1.807) is 5.01 Å². The first-order chi connectivity index (χ1) is 14.1. The van der Waals surface area contributed by atoms with Gasteiger partial charge in [0.1, 0.15) is 11.6 Å². The second kappa shape index (κ2) is 7.12.